The van der Waals surface area contributed by atoms with E-state index in [0.717, 1.165) is 0 Å². The molecule has 1 aromatic heterocycles. The van der Waals surface area contributed by atoms with Gasteiger partial charge in [0.15, 0.2) is 11.6 Å². The molecular weight excluding hydrogens is 267 g/mol. The van der Waals surface area contributed by atoms with Gasteiger partial charge in [-0.25, -0.2) is 9.18 Å². The lowest BCUT2D eigenvalue weighted by atomic mass is 10.3. The van der Waals surface area contributed by atoms with Crippen molar-refractivity contribution in [2.75, 3.05) is 14.2 Å². The summed E-state index contributed by atoms with van der Waals surface area (Å²) in [6.45, 7) is 0.0722. The van der Waals surface area contributed by atoms with Crippen molar-refractivity contribution in [2.24, 2.45) is 0 Å². The van der Waals surface area contributed by atoms with Gasteiger partial charge in [0.05, 0.1) is 14.2 Å². The molecule has 0 spiro atoms. The molecule has 2 rings (SSSR count). The van der Waals surface area contributed by atoms with Crippen LogP contribution in [0, 0.1) is 5.82 Å². The highest BCUT2D eigenvalue weighted by molar-refractivity contribution is 5.86. The number of furan rings is 1. The molecule has 1 aromatic carbocycles. The highest BCUT2D eigenvalue weighted by Crippen LogP contribution is 2.23. The Morgan fingerprint density at radius 3 is 2.70 bits per heavy atom. The van der Waals surface area contributed by atoms with E-state index in [1.807, 2.05) is 0 Å². The van der Waals surface area contributed by atoms with Crippen molar-refractivity contribution < 1.29 is 27.8 Å². The predicted octanol–water partition coefficient (Wildman–Crippen LogP) is 2.79. The average molecular weight is 280 g/mol. The number of ether oxygens (including phenoxy) is 3. The number of rotatable bonds is 5. The fourth-order valence-electron chi connectivity index (χ4n) is 1.56. The lowest BCUT2D eigenvalue weighted by molar-refractivity contribution is 0.0561. The van der Waals surface area contributed by atoms with Gasteiger partial charge in [-0.1, -0.05) is 0 Å². The zero-order chi connectivity index (χ0) is 14.5. The average Bonchev–Trinajstić information content (AvgIpc) is 2.93. The number of carbonyl (C=O) groups excluding carboxylic acids is 1. The van der Waals surface area contributed by atoms with Gasteiger partial charge in [0, 0.05) is 6.07 Å². The third kappa shape index (κ3) is 3.09. The van der Waals surface area contributed by atoms with Gasteiger partial charge in [-0.15, -0.1) is 0 Å². The minimum Gasteiger partial charge on any atom is -0.494 e. The number of methoxy groups -OCH3 is 2. The molecule has 0 fully saturated rings. The first-order chi connectivity index (χ1) is 9.63. The molecule has 1 heterocycles. The van der Waals surface area contributed by atoms with Gasteiger partial charge in [0.2, 0.25) is 5.76 Å². The van der Waals surface area contributed by atoms with Crippen LogP contribution >= 0.6 is 0 Å². The number of benzene rings is 1. The molecule has 20 heavy (non-hydrogen) atoms. The molecule has 0 aliphatic heterocycles. The van der Waals surface area contributed by atoms with Crippen LogP contribution in [-0.4, -0.2) is 20.2 Å². The first-order valence-corrected chi connectivity index (χ1v) is 5.77. The second kappa shape index (κ2) is 6.10. The molecule has 0 radical (unpaired) electrons. The van der Waals surface area contributed by atoms with Crippen molar-refractivity contribution in [1.82, 2.24) is 0 Å². The van der Waals surface area contributed by atoms with E-state index in [4.69, 9.17) is 13.9 Å². The Kier molecular flexibility index (Phi) is 4.24. The van der Waals surface area contributed by atoms with Crippen LogP contribution in [0.1, 0.15) is 16.3 Å². The number of hydrogen-bond acceptors (Lipinski definition) is 5. The Labute approximate surface area is 114 Å². The van der Waals surface area contributed by atoms with Gasteiger partial charge >= 0.3 is 5.97 Å². The predicted molar refractivity (Wildman–Crippen MR) is 67.3 cm³/mol. The van der Waals surface area contributed by atoms with Crippen molar-refractivity contribution in [2.45, 2.75) is 6.61 Å². The fraction of sp³-hybridized carbons (Fsp3) is 0.214. The Hall–Kier alpha value is -2.50. The highest BCUT2D eigenvalue weighted by Gasteiger charge is 2.11. The van der Waals surface area contributed by atoms with E-state index in [1.54, 1.807) is 12.1 Å². The van der Waals surface area contributed by atoms with E-state index in [0.29, 0.717) is 11.5 Å². The van der Waals surface area contributed by atoms with Crippen LogP contribution in [0.15, 0.2) is 34.7 Å². The van der Waals surface area contributed by atoms with Gasteiger partial charge in [-0.3, -0.25) is 0 Å². The molecule has 0 N–H and O–H groups in total. The van der Waals surface area contributed by atoms with Crippen LogP contribution in [0.2, 0.25) is 0 Å². The quantitative estimate of drug-likeness (QED) is 0.788. The highest BCUT2D eigenvalue weighted by atomic mass is 19.1. The summed E-state index contributed by atoms with van der Waals surface area (Å²) in [6.07, 6.45) is 0. The molecule has 5 nitrogen and oxygen atoms in total. The standard InChI is InChI=1S/C14H13FO5/c1-17-12-5-3-9(7-11(12)15)19-8-10-4-6-13(20-10)14(16)18-2/h3-7H,8H2,1-2H3. The van der Waals surface area contributed by atoms with Crippen molar-refractivity contribution in [1.29, 1.82) is 0 Å². The zero-order valence-electron chi connectivity index (χ0n) is 11.0. The van der Waals surface area contributed by atoms with Crippen molar-refractivity contribution in [3.63, 3.8) is 0 Å². The second-order valence-electron chi connectivity index (χ2n) is 3.84. The molecule has 0 bridgehead atoms. The molecule has 0 atom stereocenters. The summed E-state index contributed by atoms with van der Waals surface area (Å²) in [5, 5.41) is 0. The van der Waals surface area contributed by atoms with E-state index >= 15 is 0 Å². The number of esters is 1. The molecular formula is C14H13FO5. The molecule has 0 unspecified atom stereocenters. The molecule has 106 valence electrons. The van der Waals surface area contributed by atoms with Crippen molar-refractivity contribution in [3.05, 3.63) is 47.7 Å². The summed E-state index contributed by atoms with van der Waals surface area (Å²) in [4.78, 5) is 11.2. The monoisotopic (exact) mass is 280 g/mol. The first-order valence-electron chi connectivity index (χ1n) is 5.77. The smallest absolute Gasteiger partial charge is 0.373 e. The van der Waals surface area contributed by atoms with E-state index in [2.05, 4.69) is 4.74 Å². The third-order valence-electron chi connectivity index (χ3n) is 2.55. The van der Waals surface area contributed by atoms with Gasteiger partial charge in [0.1, 0.15) is 18.1 Å². The first kappa shape index (κ1) is 13.9. The molecule has 0 aliphatic rings. The summed E-state index contributed by atoms with van der Waals surface area (Å²) in [7, 11) is 2.65. The third-order valence-corrected chi connectivity index (χ3v) is 2.55. The Morgan fingerprint density at radius 2 is 2.05 bits per heavy atom. The van der Waals surface area contributed by atoms with Crippen LogP contribution in [0.3, 0.4) is 0 Å². The van der Waals surface area contributed by atoms with Gasteiger partial charge in [0.25, 0.3) is 0 Å². The van der Waals surface area contributed by atoms with Gasteiger partial charge < -0.3 is 18.6 Å². The lowest BCUT2D eigenvalue weighted by Crippen LogP contribution is -1.99. The second-order valence-corrected chi connectivity index (χ2v) is 3.84. The number of hydrogen-bond donors (Lipinski definition) is 0. The SMILES string of the molecule is COC(=O)c1ccc(COc2ccc(OC)c(F)c2)o1. The summed E-state index contributed by atoms with van der Waals surface area (Å²) >= 11 is 0. The zero-order valence-corrected chi connectivity index (χ0v) is 11.0. The topological polar surface area (TPSA) is 57.9 Å². The van der Waals surface area contributed by atoms with E-state index in [9.17, 15) is 9.18 Å². The molecule has 0 amide bonds. The summed E-state index contributed by atoms with van der Waals surface area (Å²) in [5.74, 6) is -0.0808. The Morgan fingerprint density at radius 1 is 1.25 bits per heavy atom. The van der Waals surface area contributed by atoms with Crippen LogP contribution < -0.4 is 9.47 Å². The van der Waals surface area contributed by atoms with Gasteiger partial charge in [-0.2, -0.15) is 0 Å². The molecule has 6 heteroatoms. The summed E-state index contributed by atoms with van der Waals surface area (Å²) in [6, 6.07) is 7.33. The van der Waals surface area contributed by atoms with Crippen LogP contribution in [0.5, 0.6) is 11.5 Å². The summed E-state index contributed by atoms with van der Waals surface area (Å²) in [5.41, 5.74) is 0. The maximum Gasteiger partial charge on any atom is 0.373 e. The molecule has 0 aliphatic carbocycles. The maximum absolute atomic E-state index is 13.4. The Bertz CT molecular complexity index is 605. The van der Waals surface area contributed by atoms with Gasteiger partial charge in [-0.05, 0) is 24.3 Å². The number of halogens is 1. The van der Waals surface area contributed by atoms with Crippen LogP contribution in [-0.2, 0) is 11.3 Å². The molecule has 0 saturated carbocycles. The maximum atomic E-state index is 13.4. The van der Waals surface area contributed by atoms with E-state index < -0.39 is 11.8 Å². The summed E-state index contributed by atoms with van der Waals surface area (Å²) < 4.78 is 33.3. The largest absolute Gasteiger partial charge is 0.494 e. The minimum absolute atomic E-state index is 0.0722. The number of carbonyl (C=O) groups is 1. The van der Waals surface area contributed by atoms with Crippen molar-refractivity contribution >= 4 is 5.97 Å². The minimum atomic E-state index is -0.563. The Balaban J connectivity index is 2.00. The van der Waals surface area contributed by atoms with Crippen LogP contribution in [0.25, 0.3) is 0 Å². The molecule has 0 saturated heterocycles. The van der Waals surface area contributed by atoms with E-state index in [-0.39, 0.29) is 18.1 Å². The van der Waals surface area contributed by atoms with Crippen molar-refractivity contribution in [3.8, 4) is 11.5 Å². The fourth-order valence-corrected chi connectivity index (χ4v) is 1.56. The van der Waals surface area contributed by atoms with E-state index in [1.165, 1.54) is 32.4 Å². The molecule has 2 aromatic rings. The lowest BCUT2D eigenvalue weighted by Gasteiger charge is -2.06. The normalized spacial score (nSPS) is 10.2. The van der Waals surface area contributed by atoms with Crippen LogP contribution in [0.4, 0.5) is 4.39 Å².